The highest BCUT2D eigenvalue weighted by atomic mass is 32.2. The number of nitrogens with zero attached hydrogens (tertiary/aromatic N) is 2. The minimum absolute atomic E-state index is 0.190. The standard InChI is InChI=1S/C16H31N3O2S/c1-12(2)18-16(19-7-5-13(3)14(4)10-19)17-9-15-6-8-22(20,21)11-15/h12-15H,5-11H2,1-4H3,(H,17,18). The van der Waals surface area contributed by atoms with E-state index in [1.165, 1.54) is 6.42 Å². The lowest BCUT2D eigenvalue weighted by atomic mass is 9.89. The van der Waals surface area contributed by atoms with E-state index in [1.54, 1.807) is 0 Å². The molecule has 0 aromatic heterocycles. The average molecular weight is 330 g/mol. The lowest BCUT2D eigenvalue weighted by Crippen LogP contribution is -2.50. The number of guanidine groups is 1. The van der Waals surface area contributed by atoms with Crippen LogP contribution < -0.4 is 5.32 Å². The van der Waals surface area contributed by atoms with Crippen LogP contribution in [0.1, 0.15) is 40.5 Å². The molecule has 5 nitrogen and oxygen atoms in total. The molecule has 2 saturated heterocycles. The average Bonchev–Trinajstić information content (AvgIpc) is 2.77. The normalized spacial score (nSPS) is 32.5. The van der Waals surface area contributed by atoms with Crippen LogP contribution in [-0.2, 0) is 9.84 Å². The van der Waals surface area contributed by atoms with Crippen molar-refractivity contribution in [1.29, 1.82) is 0 Å². The first-order chi connectivity index (χ1) is 10.3. The summed E-state index contributed by atoms with van der Waals surface area (Å²) in [6, 6.07) is 0.334. The third kappa shape index (κ3) is 4.86. The maximum Gasteiger partial charge on any atom is 0.194 e. The van der Waals surface area contributed by atoms with Crippen LogP contribution in [0.2, 0.25) is 0 Å². The van der Waals surface area contributed by atoms with Gasteiger partial charge in [-0.2, -0.15) is 0 Å². The maximum atomic E-state index is 11.6. The van der Waals surface area contributed by atoms with Crippen LogP contribution in [0.15, 0.2) is 4.99 Å². The van der Waals surface area contributed by atoms with E-state index >= 15 is 0 Å². The quantitative estimate of drug-likeness (QED) is 0.633. The molecule has 0 aromatic carbocycles. The minimum Gasteiger partial charge on any atom is -0.354 e. The molecule has 1 N–H and O–H groups in total. The molecule has 0 amide bonds. The summed E-state index contributed by atoms with van der Waals surface area (Å²) in [5.74, 6) is 3.21. The molecule has 128 valence electrons. The van der Waals surface area contributed by atoms with Crippen molar-refractivity contribution < 1.29 is 8.42 Å². The van der Waals surface area contributed by atoms with Crippen LogP contribution >= 0.6 is 0 Å². The number of rotatable bonds is 3. The summed E-state index contributed by atoms with van der Waals surface area (Å²) in [7, 11) is -2.81. The van der Waals surface area contributed by atoms with Crippen LogP contribution in [0.3, 0.4) is 0 Å². The third-order valence-corrected chi connectivity index (χ3v) is 6.71. The number of nitrogens with one attached hydrogen (secondary N) is 1. The van der Waals surface area contributed by atoms with Gasteiger partial charge in [0.1, 0.15) is 0 Å². The summed E-state index contributed by atoms with van der Waals surface area (Å²) in [5.41, 5.74) is 0. The Morgan fingerprint density at radius 2 is 2.00 bits per heavy atom. The summed E-state index contributed by atoms with van der Waals surface area (Å²) >= 11 is 0. The van der Waals surface area contributed by atoms with E-state index in [1.807, 2.05) is 0 Å². The second-order valence-electron chi connectivity index (χ2n) is 7.42. The predicted octanol–water partition coefficient (Wildman–Crippen LogP) is 1.75. The Kier molecular flexibility index (Phi) is 5.75. The predicted molar refractivity (Wildman–Crippen MR) is 91.9 cm³/mol. The van der Waals surface area contributed by atoms with Crippen molar-refractivity contribution in [3.05, 3.63) is 0 Å². The Labute approximate surface area is 135 Å². The van der Waals surface area contributed by atoms with Crippen molar-refractivity contribution in [3.63, 3.8) is 0 Å². The number of piperidine rings is 1. The zero-order valence-corrected chi connectivity index (χ0v) is 15.2. The van der Waals surface area contributed by atoms with Gasteiger partial charge in [0.05, 0.1) is 11.5 Å². The fourth-order valence-corrected chi connectivity index (χ4v) is 5.03. The van der Waals surface area contributed by atoms with E-state index in [0.717, 1.165) is 31.4 Å². The van der Waals surface area contributed by atoms with Gasteiger partial charge >= 0.3 is 0 Å². The summed E-state index contributed by atoms with van der Waals surface area (Å²) in [5, 5.41) is 3.46. The number of hydrogen-bond donors (Lipinski definition) is 1. The van der Waals surface area contributed by atoms with Gasteiger partial charge in [0, 0.05) is 25.7 Å². The number of sulfone groups is 1. The second-order valence-corrected chi connectivity index (χ2v) is 9.65. The molecule has 0 saturated carbocycles. The van der Waals surface area contributed by atoms with E-state index in [0.29, 0.717) is 30.0 Å². The third-order valence-electron chi connectivity index (χ3n) is 4.88. The zero-order valence-electron chi connectivity index (χ0n) is 14.4. The molecular formula is C16H31N3O2S. The molecule has 0 aliphatic carbocycles. The van der Waals surface area contributed by atoms with Crippen LogP contribution in [0.5, 0.6) is 0 Å². The first kappa shape index (κ1) is 17.6. The summed E-state index contributed by atoms with van der Waals surface area (Å²) < 4.78 is 23.1. The fourth-order valence-electron chi connectivity index (χ4n) is 3.18. The van der Waals surface area contributed by atoms with Crippen molar-refractivity contribution in [2.24, 2.45) is 22.7 Å². The summed E-state index contributed by atoms with van der Waals surface area (Å²) in [6.45, 7) is 11.5. The fraction of sp³-hybridized carbons (Fsp3) is 0.938. The van der Waals surface area contributed by atoms with Crippen LogP contribution in [-0.4, -0.2) is 56.5 Å². The van der Waals surface area contributed by atoms with E-state index in [2.05, 4.69) is 37.9 Å². The van der Waals surface area contributed by atoms with Gasteiger partial charge in [-0.15, -0.1) is 0 Å². The molecule has 2 fully saturated rings. The number of hydrogen-bond acceptors (Lipinski definition) is 3. The van der Waals surface area contributed by atoms with Crippen molar-refractivity contribution in [2.45, 2.75) is 46.6 Å². The molecule has 2 heterocycles. The summed E-state index contributed by atoms with van der Waals surface area (Å²) in [6.07, 6.45) is 1.95. The highest BCUT2D eigenvalue weighted by molar-refractivity contribution is 7.91. The monoisotopic (exact) mass is 329 g/mol. The van der Waals surface area contributed by atoms with Gasteiger partial charge in [-0.25, -0.2) is 8.42 Å². The Morgan fingerprint density at radius 3 is 2.55 bits per heavy atom. The first-order valence-corrected chi connectivity index (χ1v) is 10.4. The molecule has 6 heteroatoms. The van der Waals surface area contributed by atoms with E-state index < -0.39 is 9.84 Å². The number of aliphatic imine (C=N–C) groups is 1. The van der Waals surface area contributed by atoms with E-state index in [4.69, 9.17) is 4.99 Å². The zero-order chi connectivity index (χ0) is 16.3. The lowest BCUT2D eigenvalue weighted by Gasteiger charge is -2.38. The molecule has 0 bridgehead atoms. The van der Waals surface area contributed by atoms with Gasteiger partial charge in [0.2, 0.25) is 0 Å². The van der Waals surface area contributed by atoms with Gasteiger partial charge in [-0.3, -0.25) is 4.99 Å². The topological polar surface area (TPSA) is 61.8 Å². The Hall–Kier alpha value is -0.780. The lowest BCUT2D eigenvalue weighted by molar-refractivity contribution is 0.198. The first-order valence-electron chi connectivity index (χ1n) is 8.53. The van der Waals surface area contributed by atoms with Gasteiger partial charge in [-0.05, 0) is 44.4 Å². The minimum atomic E-state index is -2.81. The molecule has 0 spiro atoms. The number of likely N-dealkylation sites (tertiary alicyclic amines) is 1. The molecule has 2 aliphatic heterocycles. The smallest absolute Gasteiger partial charge is 0.194 e. The molecule has 2 aliphatic rings. The van der Waals surface area contributed by atoms with Gasteiger partial charge in [0.25, 0.3) is 0 Å². The largest absolute Gasteiger partial charge is 0.354 e. The highest BCUT2D eigenvalue weighted by Gasteiger charge is 2.29. The molecular weight excluding hydrogens is 298 g/mol. The molecule has 22 heavy (non-hydrogen) atoms. The van der Waals surface area contributed by atoms with E-state index in [9.17, 15) is 8.42 Å². The highest BCUT2D eigenvalue weighted by Crippen LogP contribution is 2.23. The van der Waals surface area contributed by atoms with Crippen molar-refractivity contribution >= 4 is 15.8 Å². The molecule has 2 rings (SSSR count). The van der Waals surface area contributed by atoms with Gasteiger partial charge in [0.15, 0.2) is 15.8 Å². The molecule has 0 aromatic rings. The van der Waals surface area contributed by atoms with Crippen molar-refractivity contribution in [2.75, 3.05) is 31.1 Å². The van der Waals surface area contributed by atoms with Crippen LogP contribution in [0, 0.1) is 17.8 Å². The van der Waals surface area contributed by atoms with Gasteiger partial charge < -0.3 is 10.2 Å². The van der Waals surface area contributed by atoms with Gasteiger partial charge in [-0.1, -0.05) is 13.8 Å². The molecule has 0 radical (unpaired) electrons. The Balaban J connectivity index is 2.01. The van der Waals surface area contributed by atoms with Crippen molar-refractivity contribution in [3.8, 4) is 0 Å². The second kappa shape index (κ2) is 7.20. The summed E-state index contributed by atoms with van der Waals surface area (Å²) in [4.78, 5) is 7.10. The Bertz CT molecular complexity index is 502. The van der Waals surface area contributed by atoms with Crippen LogP contribution in [0.25, 0.3) is 0 Å². The Morgan fingerprint density at radius 1 is 1.27 bits per heavy atom. The molecule has 3 unspecified atom stereocenters. The van der Waals surface area contributed by atoms with Crippen molar-refractivity contribution in [1.82, 2.24) is 10.2 Å². The molecule has 3 atom stereocenters. The van der Waals surface area contributed by atoms with Crippen LogP contribution in [0.4, 0.5) is 0 Å². The maximum absolute atomic E-state index is 11.6. The SMILES string of the molecule is CC(C)NC(=NCC1CCS(=O)(=O)C1)N1CCC(C)C(C)C1. The van der Waals surface area contributed by atoms with E-state index in [-0.39, 0.29) is 5.92 Å².